The predicted octanol–water partition coefficient (Wildman–Crippen LogP) is 2.49. The summed E-state index contributed by atoms with van der Waals surface area (Å²) in [5.74, 6) is 0.525. The lowest BCUT2D eigenvalue weighted by atomic mass is 10.1. The number of fused-ring (bicyclic) bond motifs is 1. The van der Waals surface area contributed by atoms with Crippen LogP contribution in [0.5, 0.6) is 5.75 Å². The summed E-state index contributed by atoms with van der Waals surface area (Å²) in [5, 5.41) is 7.29. The Morgan fingerprint density at radius 3 is 2.55 bits per heavy atom. The van der Waals surface area contributed by atoms with Crippen molar-refractivity contribution in [1.29, 1.82) is 0 Å². The number of benzene rings is 2. The van der Waals surface area contributed by atoms with Crippen molar-refractivity contribution in [3.8, 4) is 17.0 Å². The maximum Gasteiger partial charge on any atom is 0.277 e. The summed E-state index contributed by atoms with van der Waals surface area (Å²) in [6.07, 6.45) is 3.25. The molecule has 0 fully saturated rings. The quantitative estimate of drug-likeness (QED) is 0.551. The highest BCUT2D eigenvalue weighted by molar-refractivity contribution is 5.76. The van der Waals surface area contributed by atoms with Crippen LogP contribution in [0.3, 0.4) is 0 Å². The molecule has 0 aliphatic rings. The van der Waals surface area contributed by atoms with Crippen molar-refractivity contribution in [2.75, 3.05) is 7.11 Å². The van der Waals surface area contributed by atoms with Crippen LogP contribution in [-0.4, -0.2) is 27.2 Å². The Morgan fingerprint density at radius 2 is 1.83 bits per heavy atom. The second-order valence-corrected chi connectivity index (χ2v) is 6.58. The van der Waals surface area contributed by atoms with Crippen LogP contribution >= 0.6 is 0 Å². The molecule has 2 heterocycles. The van der Waals surface area contributed by atoms with E-state index in [-0.39, 0.29) is 18.0 Å². The Kier molecular flexibility index (Phi) is 5.11. The van der Waals surface area contributed by atoms with Crippen LogP contribution in [0.25, 0.3) is 16.8 Å². The van der Waals surface area contributed by atoms with Crippen molar-refractivity contribution >= 4 is 11.4 Å². The molecule has 2 aromatic heterocycles. The molecule has 0 unspecified atom stereocenters. The molecule has 2 aromatic carbocycles. The summed E-state index contributed by atoms with van der Waals surface area (Å²) >= 11 is 0. The number of carbonyl (C=O) groups excluding carboxylic acids is 1. The fraction of sp³-hybridized carbons (Fsp3) is 0.136. The number of ether oxygens (including phenoxy) is 1. The zero-order valence-corrected chi connectivity index (χ0v) is 15.9. The topological polar surface area (TPSA) is 77.6 Å². The lowest BCUT2D eigenvalue weighted by Crippen LogP contribution is -2.32. The van der Waals surface area contributed by atoms with Crippen LogP contribution in [0.2, 0.25) is 0 Å². The summed E-state index contributed by atoms with van der Waals surface area (Å²) < 4.78 is 8.08. The van der Waals surface area contributed by atoms with Crippen molar-refractivity contribution in [1.82, 2.24) is 19.5 Å². The van der Waals surface area contributed by atoms with Crippen LogP contribution in [0.4, 0.5) is 0 Å². The molecular formula is C22H20N4O3. The summed E-state index contributed by atoms with van der Waals surface area (Å²) in [6, 6.07) is 18.8. The number of hydrogen-bond acceptors (Lipinski definition) is 4. The van der Waals surface area contributed by atoms with E-state index in [4.69, 9.17) is 4.74 Å². The number of nitrogens with zero attached hydrogens (tertiary/aromatic N) is 3. The third-order valence-electron chi connectivity index (χ3n) is 4.64. The van der Waals surface area contributed by atoms with Gasteiger partial charge in [-0.05, 0) is 35.9 Å². The van der Waals surface area contributed by atoms with Crippen molar-refractivity contribution in [2.45, 2.75) is 13.1 Å². The van der Waals surface area contributed by atoms with Crippen molar-refractivity contribution in [3.05, 3.63) is 89.0 Å². The fourth-order valence-electron chi connectivity index (χ4n) is 3.06. The van der Waals surface area contributed by atoms with Crippen molar-refractivity contribution < 1.29 is 9.53 Å². The molecule has 0 radical (unpaired) electrons. The molecule has 0 atom stereocenters. The first-order chi connectivity index (χ1) is 14.1. The molecular weight excluding hydrogens is 368 g/mol. The number of rotatable bonds is 6. The zero-order chi connectivity index (χ0) is 20.2. The van der Waals surface area contributed by atoms with E-state index in [0.717, 1.165) is 16.9 Å². The molecule has 0 spiro atoms. The minimum Gasteiger partial charge on any atom is -0.497 e. The predicted molar refractivity (Wildman–Crippen MR) is 110 cm³/mol. The van der Waals surface area contributed by atoms with E-state index in [9.17, 15) is 9.59 Å². The van der Waals surface area contributed by atoms with Gasteiger partial charge in [0.1, 0.15) is 17.8 Å². The monoisotopic (exact) mass is 388 g/mol. The molecule has 0 aliphatic heterocycles. The van der Waals surface area contributed by atoms with Gasteiger partial charge < -0.3 is 14.6 Å². The standard InChI is InChI=1S/C22H20N4O3/c1-29-18-9-7-17(8-10-18)19-13-20-22(28)25(11-12-26(20)24-19)15-21(27)23-14-16-5-3-2-4-6-16/h2-13H,14-15H2,1H3,(H,23,27). The van der Waals surface area contributed by atoms with Gasteiger partial charge in [0.05, 0.1) is 12.8 Å². The van der Waals surface area contributed by atoms with Gasteiger partial charge in [0.2, 0.25) is 5.91 Å². The van der Waals surface area contributed by atoms with Gasteiger partial charge in [0.25, 0.3) is 5.56 Å². The molecule has 1 amide bonds. The average molecular weight is 388 g/mol. The average Bonchev–Trinajstić information content (AvgIpc) is 3.20. The highest BCUT2D eigenvalue weighted by atomic mass is 16.5. The van der Waals surface area contributed by atoms with E-state index >= 15 is 0 Å². The largest absolute Gasteiger partial charge is 0.497 e. The number of hydrogen-bond donors (Lipinski definition) is 1. The van der Waals surface area contributed by atoms with Crippen LogP contribution in [0.15, 0.2) is 77.9 Å². The summed E-state index contributed by atoms with van der Waals surface area (Å²) in [4.78, 5) is 25.0. The molecule has 7 heteroatoms. The normalized spacial score (nSPS) is 10.8. The Labute approximate surface area is 167 Å². The molecule has 146 valence electrons. The van der Waals surface area contributed by atoms with Gasteiger partial charge in [-0.1, -0.05) is 30.3 Å². The van der Waals surface area contributed by atoms with Gasteiger partial charge in [-0.15, -0.1) is 0 Å². The lowest BCUT2D eigenvalue weighted by molar-refractivity contribution is -0.121. The minimum atomic E-state index is -0.269. The van der Waals surface area contributed by atoms with Gasteiger partial charge in [-0.3, -0.25) is 9.59 Å². The van der Waals surface area contributed by atoms with Gasteiger partial charge in [-0.2, -0.15) is 5.10 Å². The maximum atomic E-state index is 12.8. The Morgan fingerprint density at radius 1 is 1.07 bits per heavy atom. The van der Waals surface area contributed by atoms with Crippen LogP contribution < -0.4 is 15.6 Å². The molecule has 0 aliphatic carbocycles. The van der Waals surface area contributed by atoms with E-state index in [0.29, 0.717) is 17.8 Å². The summed E-state index contributed by atoms with van der Waals surface area (Å²) in [6.45, 7) is 0.371. The first kappa shape index (κ1) is 18.5. The number of methoxy groups -OCH3 is 1. The van der Waals surface area contributed by atoms with Gasteiger partial charge >= 0.3 is 0 Å². The molecule has 0 bridgehead atoms. The first-order valence-electron chi connectivity index (χ1n) is 9.18. The van der Waals surface area contributed by atoms with Crippen molar-refractivity contribution in [2.24, 2.45) is 0 Å². The Hall–Kier alpha value is -3.87. The second-order valence-electron chi connectivity index (χ2n) is 6.58. The first-order valence-corrected chi connectivity index (χ1v) is 9.18. The smallest absolute Gasteiger partial charge is 0.277 e. The van der Waals surface area contributed by atoms with E-state index in [1.165, 1.54) is 9.08 Å². The number of nitrogens with one attached hydrogen (secondary N) is 1. The molecule has 1 N–H and O–H groups in total. The van der Waals surface area contributed by atoms with Gasteiger partial charge in [-0.25, -0.2) is 4.52 Å². The molecule has 0 saturated carbocycles. The minimum absolute atomic E-state index is 0.0504. The highest BCUT2D eigenvalue weighted by Gasteiger charge is 2.11. The highest BCUT2D eigenvalue weighted by Crippen LogP contribution is 2.21. The zero-order valence-electron chi connectivity index (χ0n) is 15.9. The van der Waals surface area contributed by atoms with E-state index in [2.05, 4.69) is 10.4 Å². The van der Waals surface area contributed by atoms with E-state index < -0.39 is 0 Å². The second kappa shape index (κ2) is 8.02. The third-order valence-corrected chi connectivity index (χ3v) is 4.64. The SMILES string of the molecule is COc1ccc(-c2cc3c(=O)n(CC(=O)NCc4ccccc4)ccn3n2)cc1. The molecule has 7 nitrogen and oxygen atoms in total. The lowest BCUT2D eigenvalue weighted by Gasteiger charge is -2.07. The number of aromatic nitrogens is 3. The van der Waals surface area contributed by atoms with Gasteiger partial charge in [0.15, 0.2) is 0 Å². The molecule has 4 rings (SSSR count). The number of amides is 1. The van der Waals surface area contributed by atoms with Crippen LogP contribution in [0, 0.1) is 0 Å². The van der Waals surface area contributed by atoms with Crippen LogP contribution in [0.1, 0.15) is 5.56 Å². The summed E-state index contributed by atoms with van der Waals surface area (Å²) in [5.41, 5.74) is 2.70. The molecule has 4 aromatic rings. The number of carbonyl (C=O) groups is 1. The Bertz CT molecular complexity index is 1190. The summed E-state index contributed by atoms with van der Waals surface area (Å²) in [7, 11) is 1.61. The van der Waals surface area contributed by atoms with E-state index in [1.807, 2.05) is 54.6 Å². The maximum absolute atomic E-state index is 12.8. The molecule has 0 saturated heterocycles. The fourth-order valence-corrected chi connectivity index (χ4v) is 3.06. The third kappa shape index (κ3) is 4.03. The Balaban J connectivity index is 1.52. The van der Waals surface area contributed by atoms with Gasteiger partial charge in [0, 0.05) is 24.5 Å². The van der Waals surface area contributed by atoms with Crippen molar-refractivity contribution in [3.63, 3.8) is 0 Å². The van der Waals surface area contributed by atoms with Crippen LogP contribution in [-0.2, 0) is 17.9 Å². The van der Waals surface area contributed by atoms with E-state index in [1.54, 1.807) is 25.6 Å². The molecule has 29 heavy (non-hydrogen) atoms.